The van der Waals surface area contributed by atoms with Crippen LogP contribution in [0.3, 0.4) is 0 Å². The van der Waals surface area contributed by atoms with Crippen molar-refractivity contribution in [3.8, 4) is 0 Å². The zero-order valence-corrected chi connectivity index (χ0v) is 12.3. The number of piperidine rings is 1. The van der Waals surface area contributed by atoms with Gasteiger partial charge in [-0.15, -0.1) is 0 Å². The Labute approximate surface area is 117 Å². The van der Waals surface area contributed by atoms with Gasteiger partial charge >= 0.3 is 0 Å². The lowest BCUT2D eigenvalue weighted by Gasteiger charge is -2.27. The highest BCUT2D eigenvalue weighted by Gasteiger charge is 2.18. The zero-order valence-electron chi connectivity index (χ0n) is 12.3. The maximum absolute atomic E-state index is 12.0. The molecule has 0 aliphatic carbocycles. The van der Waals surface area contributed by atoms with Crippen molar-refractivity contribution in [2.75, 3.05) is 39.8 Å². The van der Waals surface area contributed by atoms with Crippen LogP contribution in [0.1, 0.15) is 44.9 Å². The Kier molecular flexibility index (Phi) is 6.11. The van der Waals surface area contributed by atoms with Crippen LogP contribution in [0.25, 0.3) is 0 Å². The molecule has 19 heavy (non-hydrogen) atoms. The molecule has 2 saturated heterocycles. The van der Waals surface area contributed by atoms with E-state index in [1.165, 1.54) is 32.1 Å². The van der Waals surface area contributed by atoms with Crippen LogP contribution in [0, 0.1) is 0 Å². The van der Waals surface area contributed by atoms with Crippen molar-refractivity contribution >= 4 is 5.91 Å². The first-order chi connectivity index (χ1) is 9.25. The van der Waals surface area contributed by atoms with Crippen molar-refractivity contribution in [1.82, 2.24) is 9.80 Å². The van der Waals surface area contributed by atoms with Gasteiger partial charge < -0.3 is 14.5 Å². The van der Waals surface area contributed by atoms with E-state index >= 15 is 0 Å². The number of likely N-dealkylation sites (tertiary alicyclic amines) is 1. The molecule has 4 nitrogen and oxygen atoms in total. The second-order valence-electron chi connectivity index (χ2n) is 5.94. The van der Waals surface area contributed by atoms with E-state index in [0.29, 0.717) is 18.4 Å². The minimum absolute atomic E-state index is 0.352. The molecule has 0 aromatic carbocycles. The maximum atomic E-state index is 12.0. The minimum atomic E-state index is 0.352. The van der Waals surface area contributed by atoms with Crippen molar-refractivity contribution < 1.29 is 9.53 Å². The summed E-state index contributed by atoms with van der Waals surface area (Å²) in [4.78, 5) is 16.4. The molecule has 0 radical (unpaired) electrons. The Bertz CT molecular complexity index is 271. The Morgan fingerprint density at radius 3 is 2.74 bits per heavy atom. The van der Waals surface area contributed by atoms with Crippen LogP contribution >= 0.6 is 0 Å². The fourth-order valence-corrected chi connectivity index (χ4v) is 3.03. The molecule has 2 aliphatic rings. The van der Waals surface area contributed by atoms with Crippen LogP contribution in [-0.4, -0.2) is 61.6 Å². The van der Waals surface area contributed by atoms with Gasteiger partial charge in [-0.3, -0.25) is 4.79 Å². The van der Waals surface area contributed by atoms with E-state index in [9.17, 15) is 4.79 Å². The summed E-state index contributed by atoms with van der Waals surface area (Å²) in [5.41, 5.74) is 0. The lowest BCUT2D eigenvalue weighted by atomic mass is 10.1. The third kappa shape index (κ3) is 5.11. The molecule has 0 bridgehead atoms. The smallest absolute Gasteiger partial charge is 0.222 e. The summed E-state index contributed by atoms with van der Waals surface area (Å²) < 4.78 is 5.63. The largest absolute Gasteiger partial charge is 0.377 e. The first kappa shape index (κ1) is 14.8. The van der Waals surface area contributed by atoms with Gasteiger partial charge in [0.25, 0.3) is 0 Å². The monoisotopic (exact) mass is 268 g/mol. The molecule has 1 amide bonds. The molecule has 0 saturated carbocycles. The minimum Gasteiger partial charge on any atom is -0.377 e. The number of rotatable bonds is 6. The number of hydrogen-bond acceptors (Lipinski definition) is 3. The molecule has 0 aromatic heterocycles. The lowest BCUT2D eigenvalue weighted by molar-refractivity contribution is -0.132. The van der Waals surface area contributed by atoms with Gasteiger partial charge in [0.05, 0.1) is 6.10 Å². The number of nitrogens with zero attached hydrogens (tertiary/aromatic N) is 2. The number of carbonyl (C=O) groups excluding carboxylic acids is 1. The highest BCUT2D eigenvalue weighted by atomic mass is 16.5. The Morgan fingerprint density at radius 1 is 1.26 bits per heavy atom. The SMILES string of the molecule is CN(CCCC(=O)N1CCCCC1)C[C@H]1CCCO1. The quantitative estimate of drug-likeness (QED) is 0.737. The second-order valence-corrected chi connectivity index (χ2v) is 5.94. The Hall–Kier alpha value is -0.610. The van der Waals surface area contributed by atoms with Crippen LogP contribution in [0.5, 0.6) is 0 Å². The molecule has 110 valence electrons. The van der Waals surface area contributed by atoms with Gasteiger partial charge in [0.1, 0.15) is 0 Å². The number of carbonyl (C=O) groups is 1. The molecule has 4 heteroatoms. The van der Waals surface area contributed by atoms with Gasteiger partial charge in [0.2, 0.25) is 5.91 Å². The van der Waals surface area contributed by atoms with E-state index < -0.39 is 0 Å². The van der Waals surface area contributed by atoms with Crippen LogP contribution in [0.2, 0.25) is 0 Å². The molecular weight excluding hydrogens is 240 g/mol. The molecule has 0 spiro atoms. The summed E-state index contributed by atoms with van der Waals surface area (Å²) in [5, 5.41) is 0. The summed E-state index contributed by atoms with van der Waals surface area (Å²) in [7, 11) is 2.13. The summed E-state index contributed by atoms with van der Waals surface area (Å²) in [6.45, 7) is 4.89. The maximum Gasteiger partial charge on any atom is 0.222 e. The molecule has 2 fully saturated rings. The third-order valence-electron chi connectivity index (χ3n) is 4.18. The van der Waals surface area contributed by atoms with Crippen molar-refractivity contribution in [3.05, 3.63) is 0 Å². The molecule has 0 unspecified atom stereocenters. The predicted octanol–water partition coefficient (Wildman–Crippen LogP) is 1.89. The normalized spacial score (nSPS) is 24.1. The number of ether oxygens (including phenoxy) is 1. The third-order valence-corrected chi connectivity index (χ3v) is 4.18. The molecule has 2 heterocycles. The Balaban J connectivity index is 1.55. The van der Waals surface area contributed by atoms with Crippen LogP contribution in [0.15, 0.2) is 0 Å². The van der Waals surface area contributed by atoms with E-state index in [1.807, 2.05) is 4.90 Å². The first-order valence-electron chi connectivity index (χ1n) is 7.83. The summed E-state index contributed by atoms with van der Waals surface area (Å²) in [5.74, 6) is 0.352. The van der Waals surface area contributed by atoms with Crippen LogP contribution in [0.4, 0.5) is 0 Å². The van der Waals surface area contributed by atoms with Gasteiger partial charge in [-0.25, -0.2) is 0 Å². The van der Waals surface area contributed by atoms with Gasteiger partial charge in [0, 0.05) is 32.7 Å². The fraction of sp³-hybridized carbons (Fsp3) is 0.933. The second kappa shape index (κ2) is 7.85. The molecule has 0 N–H and O–H groups in total. The number of likely N-dealkylation sites (N-methyl/N-ethyl adjacent to an activating group) is 1. The van der Waals surface area contributed by atoms with E-state index in [2.05, 4.69) is 11.9 Å². The van der Waals surface area contributed by atoms with Crippen molar-refractivity contribution in [2.45, 2.75) is 51.0 Å². The van der Waals surface area contributed by atoms with Gasteiger partial charge in [0.15, 0.2) is 0 Å². The summed E-state index contributed by atoms with van der Waals surface area (Å²) in [6.07, 6.45) is 8.14. The van der Waals surface area contributed by atoms with E-state index in [0.717, 1.165) is 39.2 Å². The average Bonchev–Trinajstić information content (AvgIpc) is 2.92. The number of hydrogen-bond donors (Lipinski definition) is 0. The van der Waals surface area contributed by atoms with Gasteiger partial charge in [-0.2, -0.15) is 0 Å². The summed E-state index contributed by atoms with van der Waals surface area (Å²) in [6, 6.07) is 0. The van der Waals surface area contributed by atoms with E-state index in [4.69, 9.17) is 4.74 Å². The van der Waals surface area contributed by atoms with Gasteiger partial charge in [-0.1, -0.05) is 0 Å². The standard InChI is InChI=1S/C15H28N2O2/c1-16(13-14-7-6-12-19-14)9-5-8-15(18)17-10-3-2-4-11-17/h14H,2-13H2,1H3/t14-/m1/s1. The highest BCUT2D eigenvalue weighted by molar-refractivity contribution is 5.76. The Morgan fingerprint density at radius 2 is 2.05 bits per heavy atom. The van der Waals surface area contributed by atoms with Crippen molar-refractivity contribution in [2.24, 2.45) is 0 Å². The number of amides is 1. The molecule has 2 aliphatic heterocycles. The van der Waals surface area contributed by atoms with Crippen LogP contribution in [-0.2, 0) is 9.53 Å². The summed E-state index contributed by atoms with van der Waals surface area (Å²) >= 11 is 0. The molecule has 0 aromatic rings. The zero-order chi connectivity index (χ0) is 13.5. The average molecular weight is 268 g/mol. The first-order valence-corrected chi connectivity index (χ1v) is 7.83. The van der Waals surface area contributed by atoms with E-state index in [1.54, 1.807) is 0 Å². The fourth-order valence-electron chi connectivity index (χ4n) is 3.03. The van der Waals surface area contributed by atoms with Gasteiger partial charge in [-0.05, 0) is 52.1 Å². The molecule has 2 rings (SSSR count). The molecule has 1 atom stereocenters. The van der Waals surface area contributed by atoms with Crippen molar-refractivity contribution in [1.29, 1.82) is 0 Å². The van der Waals surface area contributed by atoms with E-state index in [-0.39, 0.29) is 0 Å². The van der Waals surface area contributed by atoms with Crippen molar-refractivity contribution in [3.63, 3.8) is 0 Å². The lowest BCUT2D eigenvalue weighted by Crippen LogP contribution is -2.36. The predicted molar refractivity (Wildman–Crippen MR) is 76.1 cm³/mol. The topological polar surface area (TPSA) is 32.8 Å². The highest BCUT2D eigenvalue weighted by Crippen LogP contribution is 2.13. The van der Waals surface area contributed by atoms with Crippen LogP contribution < -0.4 is 0 Å². The molecular formula is C15H28N2O2.